The molecule has 7 heteroatoms. The first-order valence-corrected chi connectivity index (χ1v) is 12.9. The minimum Gasteiger partial charge on any atom is -0.273 e. The zero-order valence-electron chi connectivity index (χ0n) is 20.9. The molecule has 1 aliphatic heterocycles. The summed E-state index contributed by atoms with van der Waals surface area (Å²) >= 11 is 1.77. The second-order valence-electron chi connectivity index (χ2n) is 8.96. The third kappa shape index (κ3) is 5.05. The molecule has 0 spiro atoms. The highest BCUT2D eigenvalue weighted by Crippen LogP contribution is 2.32. The maximum Gasteiger partial charge on any atom is 0.271 e. The van der Waals surface area contributed by atoms with Gasteiger partial charge in [0.05, 0.1) is 11.4 Å². The summed E-state index contributed by atoms with van der Waals surface area (Å²) in [7, 11) is 0. The number of thioether (sulfide) groups is 1. The van der Waals surface area contributed by atoms with Gasteiger partial charge in [0.15, 0.2) is 0 Å². The number of hydrogen-bond acceptors (Lipinski definition) is 5. The Bertz CT molecular complexity index is 1390. The Morgan fingerprint density at radius 2 is 1.75 bits per heavy atom. The van der Waals surface area contributed by atoms with Crippen LogP contribution in [0.4, 0.5) is 0 Å². The molecule has 6 nitrogen and oxygen atoms in total. The molecule has 0 atom stereocenters. The Morgan fingerprint density at radius 3 is 2.36 bits per heavy atom. The topological polar surface area (TPSA) is 79.0 Å². The lowest BCUT2D eigenvalue weighted by molar-refractivity contribution is -0.141. The lowest BCUT2D eigenvalue weighted by Gasteiger charge is -2.28. The van der Waals surface area contributed by atoms with E-state index in [0.29, 0.717) is 16.8 Å². The van der Waals surface area contributed by atoms with E-state index in [1.54, 1.807) is 29.4 Å². The third-order valence-corrected chi connectivity index (χ3v) is 6.77. The summed E-state index contributed by atoms with van der Waals surface area (Å²) in [4.78, 5) is 28.7. The Kier molecular flexibility index (Phi) is 7.56. The van der Waals surface area contributed by atoms with E-state index >= 15 is 0 Å². The molecule has 2 heterocycles. The number of carbonyl (C=O) groups excluding carboxylic acids is 2. The summed E-state index contributed by atoms with van der Waals surface area (Å²) in [6.45, 7) is 7.89. The second-order valence-corrected chi connectivity index (χ2v) is 10.3. The van der Waals surface area contributed by atoms with Gasteiger partial charge < -0.3 is 0 Å². The molecule has 1 aromatic heterocycles. The van der Waals surface area contributed by atoms with E-state index in [1.165, 1.54) is 9.80 Å². The van der Waals surface area contributed by atoms with Crippen molar-refractivity contribution in [2.45, 2.75) is 32.6 Å². The van der Waals surface area contributed by atoms with Crippen LogP contribution in [-0.2, 0) is 9.59 Å². The summed E-state index contributed by atoms with van der Waals surface area (Å²) in [5.41, 5.74) is 3.97. The standard InChI is InChI=1S/C29H28N4O2S/c1-5-36-24-13-11-21(12-14-24)27-22(18-33(31-27)23-9-7-6-8-10-23)15-25-20(4)26(16-30)29(35)32(28(25)34)17-19(2)3/h6-15,18-19H,5,17H2,1-4H3/b25-15+. The maximum absolute atomic E-state index is 13.5. The fraction of sp³-hybridized carbons (Fsp3) is 0.241. The van der Waals surface area contributed by atoms with Gasteiger partial charge in [0, 0.05) is 34.3 Å². The Hall–Kier alpha value is -3.89. The number of carbonyl (C=O) groups is 2. The van der Waals surface area contributed by atoms with Gasteiger partial charge in [-0.25, -0.2) is 4.68 Å². The van der Waals surface area contributed by atoms with Crippen molar-refractivity contribution >= 4 is 29.7 Å². The fourth-order valence-corrected chi connectivity index (χ4v) is 4.78. The molecule has 182 valence electrons. The van der Waals surface area contributed by atoms with E-state index in [-0.39, 0.29) is 18.0 Å². The van der Waals surface area contributed by atoms with Crippen molar-refractivity contribution in [1.29, 1.82) is 5.26 Å². The third-order valence-electron chi connectivity index (χ3n) is 5.87. The van der Waals surface area contributed by atoms with Crippen molar-refractivity contribution in [3.63, 3.8) is 0 Å². The van der Waals surface area contributed by atoms with Crippen LogP contribution in [0.2, 0.25) is 0 Å². The maximum atomic E-state index is 13.5. The minimum atomic E-state index is -0.532. The average Bonchev–Trinajstić information content (AvgIpc) is 3.30. The van der Waals surface area contributed by atoms with Crippen LogP contribution < -0.4 is 0 Å². The molecule has 1 aliphatic rings. The van der Waals surface area contributed by atoms with Crippen LogP contribution in [0.25, 0.3) is 23.0 Å². The highest BCUT2D eigenvalue weighted by Gasteiger charge is 2.35. The Labute approximate surface area is 215 Å². The molecule has 36 heavy (non-hydrogen) atoms. The van der Waals surface area contributed by atoms with Crippen LogP contribution in [0.1, 0.15) is 33.3 Å². The lowest BCUT2D eigenvalue weighted by atomic mass is 9.92. The van der Waals surface area contributed by atoms with Crippen LogP contribution in [0, 0.1) is 17.2 Å². The van der Waals surface area contributed by atoms with Gasteiger partial charge in [-0.1, -0.05) is 51.1 Å². The van der Waals surface area contributed by atoms with Crippen LogP contribution in [0.3, 0.4) is 0 Å². The highest BCUT2D eigenvalue weighted by atomic mass is 32.2. The first-order chi connectivity index (χ1) is 17.3. The first kappa shape index (κ1) is 25.2. The molecule has 0 radical (unpaired) electrons. The molecule has 0 saturated heterocycles. The molecule has 0 unspecified atom stereocenters. The average molecular weight is 497 g/mol. The van der Waals surface area contributed by atoms with Gasteiger partial charge in [-0.3, -0.25) is 14.5 Å². The number of nitrogens with zero attached hydrogens (tertiary/aromatic N) is 4. The van der Waals surface area contributed by atoms with Gasteiger partial charge in [-0.05, 0) is 54.5 Å². The molecular weight excluding hydrogens is 468 g/mol. The largest absolute Gasteiger partial charge is 0.273 e. The van der Waals surface area contributed by atoms with Gasteiger partial charge in [0.25, 0.3) is 11.8 Å². The normalized spacial score (nSPS) is 15.2. The van der Waals surface area contributed by atoms with Crippen molar-refractivity contribution in [3.05, 3.63) is 83.1 Å². The number of benzene rings is 2. The number of aromatic nitrogens is 2. The number of hydrogen-bond donors (Lipinski definition) is 0. The zero-order valence-corrected chi connectivity index (χ0v) is 21.7. The Morgan fingerprint density at radius 1 is 1.06 bits per heavy atom. The predicted octanol–water partition coefficient (Wildman–Crippen LogP) is 5.90. The zero-order chi connectivity index (χ0) is 25.8. The molecule has 4 rings (SSSR count). The van der Waals surface area contributed by atoms with E-state index in [1.807, 2.05) is 68.6 Å². The smallest absolute Gasteiger partial charge is 0.271 e. The summed E-state index contributed by atoms with van der Waals surface area (Å²) in [5, 5.41) is 14.6. The number of amides is 2. The van der Waals surface area contributed by atoms with Gasteiger partial charge in [-0.2, -0.15) is 10.4 Å². The summed E-state index contributed by atoms with van der Waals surface area (Å²) in [5.74, 6) is 0.140. The number of para-hydroxylation sites is 1. The first-order valence-electron chi connectivity index (χ1n) is 11.9. The summed E-state index contributed by atoms with van der Waals surface area (Å²) in [6, 6.07) is 19.9. The van der Waals surface area contributed by atoms with Gasteiger partial charge >= 0.3 is 0 Å². The second kappa shape index (κ2) is 10.8. The molecular formula is C29H28N4O2S. The number of nitriles is 1. The monoisotopic (exact) mass is 496 g/mol. The van der Waals surface area contributed by atoms with Gasteiger partial charge in [0.2, 0.25) is 0 Å². The summed E-state index contributed by atoms with van der Waals surface area (Å²) < 4.78 is 1.78. The molecule has 0 bridgehead atoms. The molecule has 0 saturated carbocycles. The van der Waals surface area contributed by atoms with Crippen molar-refractivity contribution in [1.82, 2.24) is 14.7 Å². The Balaban J connectivity index is 1.88. The minimum absolute atomic E-state index is 0.000514. The number of rotatable bonds is 7. The molecule has 2 amide bonds. The van der Waals surface area contributed by atoms with Crippen LogP contribution >= 0.6 is 11.8 Å². The molecule has 0 aliphatic carbocycles. The van der Waals surface area contributed by atoms with Crippen molar-refractivity contribution in [2.24, 2.45) is 5.92 Å². The van der Waals surface area contributed by atoms with E-state index < -0.39 is 11.8 Å². The van der Waals surface area contributed by atoms with Gasteiger partial charge in [0.1, 0.15) is 11.6 Å². The van der Waals surface area contributed by atoms with Crippen molar-refractivity contribution < 1.29 is 9.59 Å². The fourth-order valence-electron chi connectivity index (χ4n) is 4.12. The predicted molar refractivity (Wildman–Crippen MR) is 143 cm³/mol. The van der Waals surface area contributed by atoms with Gasteiger partial charge in [-0.15, -0.1) is 11.8 Å². The lowest BCUT2D eigenvalue weighted by Crippen LogP contribution is -2.44. The van der Waals surface area contributed by atoms with Crippen molar-refractivity contribution in [3.8, 4) is 23.0 Å². The summed E-state index contributed by atoms with van der Waals surface area (Å²) in [6.07, 6.45) is 3.63. The SMILES string of the molecule is CCSc1ccc(-c2nn(-c3ccccc3)cc2/C=C2/C(=O)N(CC(C)C)C(=O)C(C#N)=C2C)cc1. The van der Waals surface area contributed by atoms with E-state index in [4.69, 9.17) is 5.10 Å². The van der Waals surface area contributed by atoms with Crippen LogP contribution in [0.5, 0.6) is 0 Å². The van der Waals surface area contributed by atoms with E-state index in [2.05, 4.69) is 19.1 Å². The highest BCUT2D eigenvalue weighted by molar-refractivity contribution is 7.99. The molecule has 2 aromatic carbocycles. The molecule has 0 N–H and O–H groups in total. The molecule has 3 aromatic rings. The van der Waals surface area contributed by atoms with E-state index in [0.717, 1.165) is 22.6 Å². The number of imide groups is 1. The van der Waals surface area contributed by atoms with Crippen molar-refractivity contribution in [2.75, 3.05) is 12.3 Å². The van der Waals surface area contributed by atoms with Crippen LogP contribution in [-0.4, -0.2) is 38.8 Å². The van der Waals surface area contributed by atoms with Crippen LogP contribution in [0.15, 0.2) is 82.4 Å². The quantitative estimate of drug-likeness (QED) is 0.231. The molecule has 0 fully saturated rings. The van der Waals surface area contributed by atoms with E-state index in [9.17, 15) is 14.9 Å².